The number of rotatable bonds is 11. The molecule has 5 unspecified atom stereocenters. The van der Waals surface area contributed by atoms with Crippen LogP contribution in [0.4, 0.5) is 0 Å². The quantitative estimate of drug-likeness (QED) is 0.160. The van der Waals surface area contributed by atoms with Gasteiger partial charge in [-0.2, -0.15) is 0 Å². The van der Waals surface area contributed by atoms with Gasteiger partial charge in [-0.25, -0.2) is 0 Å². The lowest BCUT2D eigenvalue weighted by Crippen LogP contribution is -2.46. The van der Waals surface area contributed by atoms with Crippen molar-refractivity contribution in [3.05, 3.63) is 11.6 Å². The summed E-state index contributed by atoms with van der Waals surface area (Å²) in [6.45, 7) is 8.19. The first-order chi connectivity index (χ1) is 21.0. The van der Waals surface area contributed by atoms with Crippen molar-refractivity contribution in [1.82, 2.24) is 0 Å². The van der Waals surface area contributed by atoms with Crippen LogP contribution in [0, 0.1) is 35.5 Å². The number of hydrogen-bond acceptors (Lipinski definition) is 9. The van der Waals surface area contributed by atoms with Crippen LogP contribution in [0.5, 0.6) is 0 Å². The van der Waals surface area contributed by atoms with E-state index in [2.05, 4.69) is 22.0 Å². The van der Waals surface area contributed by atoms with Gasteiger partial charge in [0.1, 0.15) is 18.0 Å². The number of cyclic esters (lactones) is 1. The zero-order valence-corrected chi connectivity index (χ0v) is 29.1. The third-order valence-corrected chi connectivity index (χ3v) is 11.7. The van der Waals surface area contributed by atoms with Gasteiger partial charge in [0.15, 0.2) is 12.1 Å². The predicted molar refractivity (Wildman–Crippen MR) is 168 cm³/mol. The molecular weight excluding hydrogens is 632 g/mol. The van der Waals surface area contributed by atoms with Crippen LogP contribution in [0.25, 0.3) is 0 Å². The van der Waals surface area contributed by atoms with E-state index in [0.29, 0.717) is 18.4 Å². The number of halogens is 1. The third-order valence-electron chi connectivity index (χ3n) is 10.6. The molecule has 44 heavy (non-hydrogen) atoms. The number of fused-ring (bicyclic) bond motifs is 5. The molecule has 1 saturated heterocycles. The minimum absolute atomic E-state index is 0.00360. The SMILES string of the molecule is CC[C@H]1CCCC[C@@H](C)C(=O)C2=CC3C(C(Br)C(=O)[C@@H]4C[C@@H](OC(OC(C)[C@@H](C)OC)[C@H](COC)OC)C[C@@H]34)[C@@H]2CC(=O)O1. The molecule has 13 atom stereocenters. The van der Waals surface area contributed by atoms with Gasteiger partial charge in [0, 0.05) is 39.1 Å². The lowest BCUT2D eigenvalue weighted by atomic mass is 9.65. The fourth-order valence-corrected chi connectivity index (χ4v) is 8.91. The molecule has 0 aromatic heterocycles. The van der Waals surface area contributed by atoms with Gasteiger partial charge in [-0.3, -0.25) is 14.4 Å². The van der Waals surface area contributed by atoms with Crippen molar-refractivity contribution in [3.8, 4) is 0 Å². The van der Waals surface area contributed by atoms with Crippen molar-refractivity contribution < 1.29 is 42.8 Å². The van der Waals surface area contributed by atoms with Gasteiger partial charge in [-0.1, -0.05) is 42.3 Å². The summed E-state index contributed by atoms with van der Waals surface area (Å²) in [5.74, 6) is -0.925. The van der Waals surface area contributed by atoms with Crippen molar-refractivity contribution >= 4 is 33.5 Å². The highest BCUT2D eigenvalue weighted by Crippen LogP contribution is 2.57. The van der Waals surface area contributed by atoms with Crippen LogP contribution < -0.4 is 0 Å². The number of ketones is 2. The second-order valence-electron chi connectivity index (χ2n) is 13.3. The number of allylic oxidation sites excluding steroid dienone is 2. The van der Waals surface area contributed by atoms with Crippen LogP contribution in [0.3, 0.4) is 0 Å². The highest BCUT2D eigenvalue weighted by molar-refractivity contribution is 9.10. The third kappa shape index (κ3) is 7.85. The Morgan fingerprint density at radius 1 is 1.00 bits per heavy atom. The number of esters is 1. The van der Waals surface area contributed by atoms with E-state index in [4.69, 9.17) is 28.4 Å². The molecule has 3 fully saturated rings. The first-order valence-electron chi connectivity index (χ1n) is 16.5. The molecule has 4 rings (SSSR count). The average Bonchev–Trinajstić information content (AvgIpc) is 3.60. The minimum atomic E-state index is -0.719. The smallest absolute Gasteiger partial charge is 0.306 e. The fraction of sp³-hybridized carbons (Fsp3) is 0.853. The molecule has 0 aromatic carbocycles. The van der Waals surface area contributed by atoms with E-state index in [1.807, 2.05) is 27.7 Å². The van der Waals surface area contributed by atoms with E-state index >= 15 is 0 Å². The second kappa shape index (κ2) is 16.1. The Morgan fingerprint density at radius 2 is 1.73 bits per heavy atom. The summed E-state index contributed by atoms with van der Waals surface area (Å²) in [5.41, 5.74) is 0.712. The number of alkyl halides is 1. The van der Waals surface area contributed by atoms with Crippen molar-refractivity contribution in [2.75, 3.05) is 27.9 Å². The summed E-state index contributed by atoms with van der Waals surface area (Å²) in [7, 11) is 4.85. The van der Waals surface area contributed by atoms with Crippen molar-refractivity contribution in [3.63, 3.8) is 0 Å². The van der Waals surface area contributed by atoms with Crippen LogP contribution >= 0.6 is 15.9 Å². The van der Waals surface area contributed by atoms with Crippen LogP contribution in [-0.4, -0.2) is 87.1 Å². The zero-order chi connectivity index (χ0) is 32.1. The maximum atomic E-state index is 13.9. The van der Waals surface area contributed by atoms with Crippen LogP contribution in [-0.2, 0) is 42.8 Å². The summed E-state index contributed by atoms with van der Waals surface area (Å²) < 4.78 is 35.3. The Hall–Kier alpha value is -1.17. The molecule has 0 N–H and O–H groups in total. The predicted octanol–water partition coefficient (Wildman–Crippen LogP) is 5.45. The van der Waals surface area contributed by atoms with Gasteiger partial charge >= 0.3 is 5.97 Å². The van der Waals surface area contributed by atoms with Crippen molar-refractivity contribution in [2.24, 2.45) is 35.5 Å². The summed E-state index contributed by atoms with van der Waals surface area (Å²) in [6, 6.07) is 0. The van der Waals surface area contributed by atoms with E-state index in [-0.39, 0.29) is 90.5 Å². The lowest BCUT2D eigenvalue weighted by molar-refractivity contribution is -0.255. The van der Waals surface area contributed by atoms with E-state index in [0.717, 1.165) is 32.1 Å². The number of methoxy groups -OCH3 is 3. The Morgan fingerprint density at radius 3 is 2.39 bits per heavy atom. The Bertz CT molecular complexity index is 1030. The molecule has 250 valence electrons. The van der Waals surface area contributed by atoms with Crippen LogP contribution in [0.1, 0.15) is 79.1 Å². The number of carbonyl (C=O) groups is 3. The highest BCUT2D eigenvalue weighted by atomic mass is 79.9. The zero-order valence-electron chi connectivity index (χ0n) is 27.5. The van der Waals surface area contributed by atoms with Gasteiger partial charge in [0.25, 0.3) is 0 Å². The van der Waals surface area contributed by atoms with E-state index < -0.39 is 17.2 Å². The molecule has 1 aliphatic heterocycles. The molecule has 0 radical (unpaired) electrons. The molecule has 3 aliphatic carbocycles. The topological polar surface area (TPSA) is 107 Å². The molecule has 10 heteroatoms. The number of hydrogen-bond donors (Lipinski definition) is 0. The fourth-order valence-electron chi connectivity index (χ4n) is 7.85. The summed E-state index contributed by atoms with van der Waals surface area (Å²) in [6.07, 6.45) is 5.73. The largest absolute Gasteiger partial charge is 0.462 e. The molecule has 1 heterocycles. The molecule has 4 aliphatic rings. The Labute approximate surface area is 271 Å². The van der Waals surface area contributed by atoms with Gasteiger partial charge in [0.2, 0.25) is 0 Å². The van der Waals surface area contributed by atoms with Crippen LogP contribution in [0.15, 0.2) is 11.6 Å². The lowest BCUT2D eigenvalue weighted by Gasteiger charge is -2.40. The average molecular weight is 686 g/mol. The number of Topliss-reactive ketones (excluding diaryl/α,β-unsaturated/α-hetero) is 2. The molecule has 0 bridgehead atoms. The Balaban J connectivity index is 1.59. The van der Waals surface area contributed by atoms with Gasteiger partial charge in [0.05, 0.1) is 36.2 Å². The van der Waals surface area contributed by atoms with Gasteiger partial charge < -0.3 is 28.4 Å². The molecule has 2 saturated carbocycles. The normalized spacial score (nSPS) is 37.4. The number of carbonyl (C=O) groups excluding carboxylic acids is 3. The highest BCUT2D eigenvalue weighted by Gasteiger charge is 2.58. The van der Waals surface area contributed by atoms with Crippen LogP contribution in [0.2, 0.25) is 0 Å². The van der Waals surface area contributed by atoms with E-state index in [1.54, 1.807) is 21.3 Å². The maximum Gasteiger partial charge on any atom is 0.306 e. The standard InChI is InChI=1S/C34H53BrO9/c1-8-21-12-10-9-11-18(2)32(37)27-15-24-23-13-22(44-34(28(41-7)17-39-5)42-20(4)19(3)40-6)14-26(23)33(38)31(35)30(24)25(27)16-29(36)43-21/h15,18-26,28,30-31,34H,8-14,16-17H2,1-7H3/t18-,19-,20?,21+,22+,23+,24?,25-,26-,28+,30?,31?,34?/m1/s1. The first-order valence-corrected chi connectivity index (χ1v) is 17.4. The van der Waals surface area contributed by atoms with E-state index in [9.17, 15) is 14.4 Å². The molecule has 0 amide bonds. The molecule has 9 nitrogen and oxygen atoms in total. The van der Waals surface area contributed by atoms with Crippen molar-refractivity contribution in [1.29, 1.82) is 0 Å². The van der Waals surface area contributed by atoms with Gasteiger partial charge in [-0.05, 0) is 75.7 Å². The maximum absolute atomic E-state index is 13.9. The Kier molecular flexibility index (Phi) is 13.0. The first kappa shape index (κ1) is 35.7. The second-order valence-corrected chi connectivity index (χ2v) is 14.3. The molecule has 0 aromatic rings. The van der Waals surface area contributed by atoms with Gasteiger partial charge in [-0.15, -0.1) is 0 Å². The van der Waals surface area contributed by atoms with Crippen molar-refractivity contribution in [2.45, 2.75) is 121 Å². The monoisotopic (exact) mass is 684 g/mol. The molecular formula is C34H53BrO9. The minimum Gasteiger partial charge on any atom is -0.462 e. The summed E-state index contributed by atoms with van der Waals surface area (Å²) in [5, 5.41) is 0. The van der Waals surface area contributed by atoms with E-state index in [1.165, 1.54) is 0 Å². The summed E-state index contributed by atoms with van der Waals surface area (Å²) >= 11 is 3.77. The molecule has 0 spiro atoms. The summed E-state index contributed by atoms with van der Waals surface area (Å²) in [4.78, 5) is 40.6. The number of ether oxygens (including phenoxy) is 6.